The van der Waals surface area contributed by atoms with Gasteiger partial charge in [-0.3, -0.25) is 4.79 Å². The number of rotatable bonds is 6. The number of carbonyl (C=O) groups excluding carboxylic acids is 1. The zero-order valence-electron chi connectivity index (χ0n) is 19.1. The molecule has 1 atom stereocenters. The van der Waals surface area contributed by atoms with Crippen molar-refractivity contribution in [3.05, 3.63) is 125 Å². The van der Waals surface area contributed by atoms with E-state index in [4.69, 9.17) is 4.99 Å². The van der Waals surface area contributed by atoms with Gasteiger partial charge in [-0.25, -0.2) is 9.98 Å². The van der Waals surface area contributed by atoms with Crippen LogP contribution >= 0.6 is 0 Å². The van der Waals surface area contributed by atoms with Gasteiger partial charge in [0.1, 0.15) is 5.82 Å². The van der Waals surface area contributed by atoms with Gasteiger partial charge in [0.25, 0.3) is 5.91 Å². The molecule has 0 saturated carbocycles. The Kier molecular flexibility index (Phi) is 6.98. The number of hydrogen-bond acceptors (Lipinski definition) is 5. The number of aryl methyl sites for hydroxylation is 1. The first kappa shape index (κ1) is 22.7. The van der Waals surface area contributed by atoms with Gasteiger partial charge in [-0.1, -0.05) is 48.1 Å². The Balaban J connectivity index is 1.50. The molecule has 6 nitrogen and oxygen atoms in total. The van der Waals surface area contributed by atoms with Gasteiger partial charge in [0.2, 0.25) is 5.88 Å². The van der Waals surface area contributed by atoms with Gasteiger partial charge in [-0.05, 0) is 61.9 Å². The van der Waals surface area contributed by atoms with Crippen LogP contribution in [-0.4, -0.2) is 21.7 Å². The van der Waals surface area contributed by atoms with E-state index in [-0.39, 0.29) is 17.8 Å². The maximum absolute atomic E-state index is 12.6. The Bertz CT molecular complexity index is 1300. The molecule has 1 aliphatic rings. The first-order valence-electron chi connectivity index (χ1n) is 11.0. The van der Waals surface area contributed by atoms with Crippen molar-refractivity contribution in [3.63, 3.8) is 0 Å². The molecule has 1 aromatic heterocycles. The summed E-state index contributed by atoms with van der Waals surface area (Å²) in [5, 5.41) is 15.9. The third-order valence-corrected chi connectivity index (χ3v) is 5.30. The second kappa shape index (κ2) is 10.4. The van der Waals surface area contributed by atoms with E-state index in [1.54, 1.807) is 18.3 Å². The highest BCUT2D eigenvalue weighted by Crippen LogP contribution is 2.20. The molecule has 0 unspecified atom stereocenters. The SMILES string of the molecule is Cc1cccc(C(=O)Nc2cccc([C@H](C)NC3=C/C=C/C=C/C(c4ccc(O)nc4)=N\3)c2)c1. The Morgan fingerprint density at radius 2 is 1.85 bits per heavy atom. The summed E-state index contributed by atoms with van der Waals surface area (Å²) < 4.78 is 0. The van der Waals surface area contributed by atoms with Crippen molar-refractivity contribution in [3.8, 4) is 5.88 Å². The molecule has 0 radical (unpaired) electrons. The maximum atomic E-state index is 12.6. The average molecular weight is 451 g/mol. The first-order valence-corrected chi connectivity index (χ1v) is 11.0. The molecule has 0 bridgehead atoms. The van der Waals surface area contributed by atoms with Gasteiger partial charge in [0, 0.05) is 29.1 Å². The number of carbonyl (C=O) groups is 1. The van der Waals surface area contributed by atoms with Crippen LogP contribution < -0.4 is 10.6 Å². The zero-order chi connectivity index (χ0) is 23.9. The summed E-state index contributed by atoms with van der Waals surface area (Å²) in [7, 11) is 0. The Morgan fingerprint density at radius 1 is 1.00 bits per heavy atom. The van der Waals surface area contributed by atoms with E-state index in [2.05, 4.69) is 15.6 Å². The number of aromatic hydroxyl groups is 1. The molecule has 0 aliphatic carbocycles. The predicted octanol–water partition coefficient (Wildman–Crippen LogP) is 5.46. The predicted molar refractivity (Wildman–Crippen MR) is 136 cm³/mol. The second-order valence-electron chi connectivity index (χ2n) is 8.01. The van der Waals surface area contributed by atoms with Gasteiger partial charge in [0.15, 0.2) is 0 Å². The monoisotopic (exact) mass is 450 g/mol. The average Bonchev–Trinajstić information content (AvgIpc) is 2.81. The van der Waals surface area contributed by atoms with Crippen LogP contribution in [0.5, 0.6) is 5.88 Å². The van der Waals surface area contributed by atoms with Crippen molar-refractivity contribution >= 4 is 17.3 Å². The zero-order valence-corrected chi connectivity index (χ0v) is 19.1. The Labute approximate surface area is 199 Å². The van der Waals surface area contributed by atoms with E-state index >= 15 is 0 Å². The number of nitrogens with zero attached hydrogens (tertiary/aromatic N) is 2. The largest absolute Gasteiger partial charge is 0.493 e. The van der Waals surface area contributed by atoms with E-state index in [0.29, 0.717) is 11.4 Å². The number of aromatic nitrogens is 1. The molecule has 3 N–H and O–H groups in total. The molecule has 0 saturated heterocycles. The first-order chi connectivity index (χ1) is 16.5. The number of allylic oxidation sites excluding steroid dienone is 5. The van der Waals surface area contributed by atoms with E-state index in [9.17, 15) is 9.90 Å². The summed E-state index contributed by atoms with van der Waals surface area (Å²) >= 11 is 0. The van der Waals surface area contributed by atoms with Crippen molar-refractivity contribution in [2.75, 3.05) is 5.32 Å². The molecule has 3 aromatic rings. The molecule has 0 spiro atoms. The smallest absolute Gasteiger partial charge is 0.255 e. The molecule has 1 amide bonds. The van der Waals surface area contributed by atoms with Crippen LogP contribution in [0.15, 0.2) is 108 Å². The molecule has 4 rings (SSSR count). The lowest BCUT2D eigenvalue weighted by Gasteiger charge is -2.18. The number of amides is 1. The van der Waals surface area contributed by atoms with Crippen LogP contribution in [0.2, 0.25) is 0 Å². The van der Waals surface area contributed by atoms with Crippen LogP contribution in [0.3, 0.4) is 0 Å². The Morgan fingerprint density at radius 3 is 2.65 bits per heavy atom. The number of anilines is 1. The highest BCUT2D eigenvalue weighted by molar-refractivity contribution is 6.09. The Hall–Kier alpha value is -4.45. The fraction of sp³-hybridized carbons (Fsp3) is 0.107. The van der Waals surface area contributed by atoms with Gasteiger partial charge >= 0.3 is 0 Å². The molecule has 2 heterocycles. The van der Waals surface area contributed by atoms with Crippen molar-refractivity contribution in [2.24, 2.45) is 4.99 Å². The lowest BCUT2D eigenvalue weighted by atomic mass is 10.1. The summed E-state index contributed by atoms with van der Waals surface area (Å²) in [6.07, 6.45) is 11.1. The van der Waals surface area contributed by atoms with Crippen LogP contribution in [0.4, 0.5) is 5.69 Å². The fourth-order valence-electron chi connectivity index (χ4n) is 3.52. The van der Waals surface area contributed by atoms with Crippen LogP contribution in [0.1, 0.15) is 40.0 Å². The molecule has 6 heteroatoms. The summed E-state index contributed by atoms with van der Waals surface area (Å²) in [5.41, 5.74) is 4.92. The van der Waals surface area contributed by atoms with Gasteiger partial charge in [-0.15, -0.1) is 0 Å². The van der Waals surface area contributed by atoms with E-state index in [1.807, 2.05) is 86.7 Å². The molecular weight excluding hydrogens is 424 g/mol. The minimum atomic E-state index is -0.141. The molecular formula is C28H26N4O2. The number of benzene rings is 2. The highest BCUT2D eigenvalue weighted by Gasteiger charge is 2.11. The molecule has 170 valence electrons. The van der Waals surface area contributed by atoms with E-state index < -0.39 is 0 Å². The number of aliphatic imine (C=N–C) groups is 1. The van der Waals surface area contributed by atoms with E-state index in [1.165, 1.54) is 6.07 Å². The molecule has 0 fully saturated rings. The molecule has 1 aliphatic heterocycles. The molecule has 34 heavy (non-hydrogen) atoms. The minimum Gasteiger partial charge on any atom is -0.493 e. The van der Waals surface area contributed by atoms with Crippen molar-refractivity contribution in [1.29, 1.82) is 0 Å². The molecule has 2 aromatic carbocycles. The summed E-state index contributed by atoms with van der Waals surface area (Å²) in [5.74, 6) is 0.513. The van der Waals surface area contributed by atoms with Gasteiger partial charge < -0.3 is 15.7 Å². The third kappa shape index (κ3) is 5.86. The van der Waals surface area contributed by atoms with E-state index in [0.717, 1.165) is 28.1 Å². The van der Waals surface area contributed by atoms with Gasteiger partial charge in [0.05, 0.1) is 11.8 Å². The summed E-state index contributed by atoms with van der Waals surface area (Å²) in [4.78, 5) is 21.3. The van der Waals surface area contributed by atoms with Crippen molar-refractivity contribution < 1.29 is 9.90 Å². The lowest BCUT2D eigenvalue weighted by Crippen LogP contribution is -2.19. The number of hydrogen-bond donors (Lipinski definition) is 3. The van der Waals surface area contributed by atoms with Crippen LogP contribution in [0, 0.1) is 6.92 Å². The number of pyridine rings is 1. The summed E-state index contributed by atoms with van der Waals surface area (Å²) in [6.45, 7) is 4.00. The summed E-state index contributed by atoms with van der Waals surface area (Å²) in [6, 6.07) is 18.5. The van der Waals surface area contributed by atoms with Crippen LogP contribution in [0.25, 0.3) is 0 Å². The standard InChI is InChI=1S/C28H26N4O2/c1-19-8-6-10-22(16-19)28(34)31-24-11-7-9-21(17-24)20(2)30-26-13-5-3-4-12-25(32-26)23-14-15-27(33)29-18-23/h3-18,20H,1-2H3,(H,29,33)(H,30,32)(H,31,34)/t20-/m0/s1. The lowest BCUT2D eigenvalue weighted by molar-refractivity contribution is 0.102. The van der Waals surface area contributed by atoms with Crippen molar-refractivity contribution in [1.82, 2.24) is 10.3 Å². The normalized spacial score (nSPS) is 18.8. The topological polar surface area (TPSA) is 86.6 Å². The third-order valence-electron chi connectivity index (χ3n) is 5.30. The number of nitrogens with one attached hydrogen (secondary N) is 2. The van der Waals surface area contributed by atoms with Gasteiger partial charge in [-0.2, -0.15) is 0 Å². The highest BCUT2D eigenvalue weighted by atomic mass is 16.3. The fourth-order valence-corrected chi connectivity index (χ4v) is 3.52. The van der Waals surface area contributed by atoms with Crippen LogP contribution in [-0.2, 0) is 0 Å². The van der Waals surface area contributed by atoms with Crippen molar-refractivity contribution in [2.45, 2.75) is 19.9 Å². The minimum absolute atomic E-state index is 0.0315. The second-order valence-corrected chi connectivity index (χ2v) is 8.01. The quantitative estimate of drug-likeness (QED) is 0.466. The maximum Gasteiger partial charge on any atom is 0.255 e.